The summed E-state index contributed by atoms with van der Waals surface area (Å²) in [7, 11) is 1.80. The Morgan fingerprint density at radius 3 is 2.82 bits per heavy atom. The van der Waals surface area contributed by atoms with E-state index in [0.717, 1.165) is 25.7 Å². The van der Waals surface area contributed by atoms with E-state index in [1.165, 1.54) is 0 Å². The van der Waals surface area contributed by atoms with E-state index >= 15 is 0 Å². The number of nitrogens with one attached hydrogen (secondary N) is 1. The first-order valence-electron chi connectivity index (χ1n) is 6.09. The average molecular weight is 237 g/mol. The molecule has 5 heteroatoms. The Morgan fingerprint density at radius 2 is 2.24 bits per heavy atom. The van der Waals surface area contributed by atoms with Crippen molar-refractivity contribution < 1.29 is 9.90 Å². The minimum Gasteiger partial charge on any atom is -0.393 e. The Balaban J connectivity index is 1.79. The predicted octanol–water partition coefficient (Wildman–Crippen LogP) is 0.701. The Labute approximate surface area is 101 Å². The van der Waals surface area contributed by atoms with Crippen molar-refractivity contribution in [3.8, 4) is 0 Å². The van der Waals surface area contributed by atoms with Crippen molar-refractivity contribution in [2.45, 2.75) is 31.8 Å². The number of aryl methyl sites for hydroxylation is 1. The molecule has 0 bridgehead atoms. The van der Waals surface area contributed by atoms with Crippen LogP contribution in [0.25, 0.3) is 0 Å². The third-order valence-electron chi connectivity index (χ3n) is 3.42. The fourth-order valence-electron chi connectivity index (χ4n) is 2.25. The first kappa shape index (κ1) is 12.1. The second-order valence-electron chi connectivity index (χ2n) is 4.77. The van der Waals surface area contributed by atoms with Crippen LogP contribution in [0.2, 0.25) is 0 Å². The molecule has 5 nitrogen and oxygen atoms in total. The van der Waals surface area contributed by atoms with Crippen LogP contribution in [-0.2, 0) is 7.05 Å². The van der Waals surface area contributed by atoms with Gasteiger partial charge >= 0.3 is 0 Å². The quantitative estimate of drug-likeness (QED) is 0.813. The molecular formula is C12H19N3O2. The molecule has 2 N–H and O–H groups in total. The summed E-state index contributed by atoms with van der Waals surface area (Å²) in [6.45, 7) is 0.691. The molecule has 1 amide bonds. The summed E-state index contributed by atoms with van der Waals surface area (Å²) in [5.41, 5.74) is 0.584. The molecule has 0 aliphatic heterocycles. The maximum absolute atomic E-state index is 11.8. The van der Waals surface area contributed by atoms with Gasteiger partial charge in [0.05, 0.1) is 18.6 Å². The third kappa shape index (κ3) is 3.06. The molecule has 0 unspecified atom stereocenters. The van der Waals surface area contributed by atoms with E-state index in [2.05, 4.69) is 10.3 Å². The highest BCUT2D eigenvalue weighted by Crippen LogP contribution is 2.23. The molecule has 1 saturated carbocycles. The zero-order valence-corrected chi connectivity index (χ0v) is 10.1. The Kier molecular flexibility index (Phi) is 3.78. The minimum atomic E-state index is -0.140. The van der Waals surface area contributed by atoms with Gasteiger partial charge in [0.25, 0.3) is 5.91 Å². The highest BCUT2D eigenvalue weighted by atomic mass is 16.3. The van der Waals surface area contributed by atoms with Gasteiger partial charge in [-0.05, 0) is 31.6 Å². The Hall–Kier alpha value is -1.36. The molecular weight excluding hydrogens is 218 g/mol. The fraction of sp³-hybridized carbons (Fsp3) is 0.667. The van der Waals surface area contributed by atoms with Gasteiger partial charge in [-0.1, -0.05) is 0 Å². The first-order chi connectivity index (χ1) is 8.16. The van der Waals surface area contributed by atoms with E-state index in [-0.39, 0.29) is 12.0 Å². The molecule has 0 aromatic carbocycles. The zero-order valence-electron chi connectivity index (χ0n) is 10.1. The van der Waals surface area contributed by atoms with E-state index < -0.39 is 0 Å². The summed E-state index contributed by atoms with van der Waals surface area (Å²) in [5, 5.41) is 12.3. The monoisotopic (exact) mass is 237 g/mol. The average Bonchev–Trinajstić information content (AvgIpc) is 2.74. The molecule has 17 heavy (non-hydrogen) atoms. The molecule has 0 spiro atoms. The predicted molar refractivity (Wildman–Crippen MR) is 63.5 cm³/mol. The van der Waals surface area contributed by atoms with E-state index in [0.29, 0.717) is 18.2 Å². The van der Waals surface area contributed by atoms with Crippen LogP contribution < -0.4 is 5.32 Å². The van der Waals surface area contributed by atoms with Gasteiger partial charge in [0, 0.05) is 13.6 Å². The van der Waals surface area contributed by atoms with Gasteiger partial charge in [-0.3, -0.25) is 4.79 Å². The number of nitrogens with zero attached hydrogens (tertiary/aromatic N) is 2. The van der Waals surface area contributed by atoms with Gasteiger partial charge < -0.3 is 15.0 Å². The molecule has 1 heterocycles. The van der Waals surface area contributed by atoms with Crippen LogP contribution in [-0.4, -0.2) is 33.2 Å². The molecule has 1 aliphatic rings. The van der Waals surface area contributed by atoms with Crippen molar-refractivity contribution >= 4 is 5.91 Å². The van der Waals surface area contributed by atoms with Gasteiger partial charge in [0.2, 0.25) is 0 Å². The standard InChI is InChI=1S/C12H19N3O2/c1-15-8-13-7-11(15)12(17)14-6-9-2-4-10(16)5-3-9/h7-10,16H,2-6H2,1H3,(H,14,17). The lowest BCUT2D eigenvalue weighted by Gasteiger charge is -2.25. The SMILES string of the molecule is Cn1cncc1C(=O)NCC1CCC(O)CC1. The lowest BCUT2D eigenvalue weighted by molar-refractivity contribution is 0.0903. The van der Waals surface area contributed by atoms with Gasteiger partial charge in [-0.15, -0.1) is 0 Å². The van der Waals surface area contributed by atoms with Crippen LogP contribution in [0, 0.1) is 5.92 Å². The summed E-state index contributed by atoms with van der Waals surface area (Å²) in [6, 6.07) is 0. The maximum atomic E-state index is 11.8. The Morgan fingerprint density at radius 1 is 1.53 bits per heavy atom. The smallest absolute Gasteiger partial charge is 0.269 e. The van der Waals surface area contributed by atoms with Crippen molar-refractivity contribution in [1.29, 1.82) is 0 Å². The number of aromatic nitrogens is 2. The number of imidazole rings is 1. The van der Waals surface area contributed by atoms with Crippen LogP contribution in [0.5, 0.6) is 0 Å². The molecule has 0 atom stereocenters. The number of aliphatic hydroxyl groups is 1. The molecule has 1 fully saturated rings. The summed E-state index contributed by atoms with van der Waals surface area (Å²) in [6.07, 6.45) is 6.74. The Bertz CT molecular complexity index is 381. The number of amides is 1. The highest BCUT2D eigenvalue weighted by molar-refractivity contribution is 5.92. The fourth-order valence-corrected chi connectivity index (χ4v) is 2.25. The van der Waals surface area contributed by atoms with Crippen molar-refractivity contribution in [1.82, 2.24) is 14.9 Å². The first-order valence-corrected chi connectivity index (χ1v) is 6.09. The van der Waals surface area contributed by atoms with Crippen molar-refractivity contribution in [2.75, 3.05) is 6.54 Å². The summed E-state index contributed by atoms with van der Waals surface area (Å²) in [5.74, 6) is 0.423. The minimum absolute atomic E-state index is 0.0730. The van der Waals surface area contributed by atoms with E-state index in [1.54, 1.807) is 24.1 Å². The zero-order chi connectivity index (χ0) is 12.3. The van der Waals surface area contributed by atoms with Gasteiger partial charge in [-0.25, -0.2) is 4.98 Å². The molecule has 1 aromatic rings. The molecule has 94 valence electrons. The molecule has 0 saturated heterocycles. The van der Waals surface area contributed by atoms with E-state index in [4.69, 9.17) is 0 Å². The molecule has 2 rings (SSSR count). The summed E-state index contributed by atoms with van der Waals surface area (Å²) < 4.78 is 1.71. The molecule has 1 aliphatic carbocycles. The van der Waals surface area contributed by atoms with Crippen LogP contribution in [0.3, 0.4) is 0 Å². The summed E-state index contributed by atoms with van der Waals surface area (Å²) in [4.78, 5) is 15.7. The van der Waals surface area contributed by atoms with Crippen LogP contribution in [0.4, 0.5) is 0 Å². The van der Waals surface area contributed by atoms with Crippen LogP contribution in [0.15, 0.2) is 12.5 Å². The lowest BCUT2D eigenvalue weighted by atomic mass is 9.87. The second kappa shape index (κ2) is 5.31. The molecule has 0 radical (unpaired) electrons. The highest BCUT2D eigenvalue weighted by Gasteiger charge is 2.20. The number of hydrogen-bond donors (Lipinski definition) is 2. The number of hydrogen-bond acceptors (Lipinski definition) is 3. The van der Waals surface area contributed by atoms with Gasteiger partial charge in [-0.2, -0.15) is 0 Å². The van der Waals surface area contributed by atoms with Crippen LogP contribution >= 0.6 is 0 Å². The number of aliphatic hydroxyl groups excluding tert-OH is 1. The van der Waals surface area contributed by atoms with Gasteiger partial charge in [0.1, 0.15) is 5.69 Å². The topological polar surface area (TPSA) is 67.2 Å². The second-order valence-corrected chi connectivity index (χ2v) is 4.77. The van der Waals surface area contributed by atoms with Crippen molar-refractivity contribution in [2.24, 2.45) is 13.0 Å². The molecule has 1 aromatic heterocycles. The number of carbonyl (C=O) groups excluding carboxylic acids is 1. The van der Waals surface area contributed by atoms with Gasteiger partial charge in [0.15, 0.2) is 0 Å². The normalized spacial score (nSPS) is 24.6. The van der Waals surface area contributed by atoms with E-state index in [1.807, 2.05) is 0 Å². The largest absolute Gasteiger partial charge is 0.393 e. The number of carbonyl (C=O) groups is 1. The van der Waals surface area contributed by atoms with Crippen LogP contribution in [0.1, 0.15) is 36.2 Å². The van der Waals surface area contributed by atoms with E-state index in [9.17, 15) is 9.90 Å². The lowest BCUT2D eigenvalue weighted by Crippen LogP contribution is -2.32. The third-order valence-corrected chi connectivity index (χ3v) is 3.42. The summed E-state index contributed by atoms with van der Waals surface area (Å²) >= 11 is 0. The van der Waals surface area contributed by atoms with Crippen molar-refractivity contribution in [3.05, 3.63) is 18.2 Å². The van der Waals surface area contributed by atoms with Crippen molar-refractivity contribution in [3.63, 3.8) is 0 Å². The number of rotatable bonds is 3. The maximum Gasteiger partial charge on any atom is 0.269 e.